The maximum Gasteiger partial charge on any atom is 0.271 e. The molecule has 5 heteroatoms. The van der Waals surface area contributed by atoms with Crippen molar-refractivity contribution in [3.8, 4) is 0 Å². The first-order chi connectivity index (χ1) is 9.63. The zero-order valence-corrected chi connectivity index (χ0v) is 12.9. The van der Waals surface area contributed by atoms with Crippen LogP contribution in [0.25, 0.3) is 10.2 Å². The van der Waals surface area contributed by atoms with Crippen LogP contribution in [0.2, 0.25) is 0 Å². The first-order valence-electron chi connectivity index (χ1n) is 7.28. The molecule has 20 heavy (non-hydrogen) atoms. The molecule has 3 rings (SSSR count). The fraction of sp³-hybridized carbons (Fsp3) is 0.600. The van der Waals surface area contributed by atoms with Crippen molar-refractivity contribution in [2.75, 3.05) is 19.6 Å². The standard InChI is InChI=1S/C15H21N3OS/c1-11-7-12(2)9-17(8-11)4-5-18-10-16-13-3-6-20-14(13)15(18)19/h3,6,10-12H,4-5,7-9H2,1-2H3/t11-,12-/m1/s1. The Labute approximate surface area is 123 Å². The molecule has 2 aromatic rings. The van der Waals surface area contributed by atoms with Crippen molar-refractivity contribution in [1.29, 1.82) is 0 Å². The van der Waals surface area contributed by atoms with E-state index < -0.39 is 0 Å². The van der Waals surface area contributed by atoms with E-state index in [1.807, 2.05) is 11.4 Å². The summed E-state index contributed by atoms with van der Waals surface area (Å²) < 4.78 is 2.52. The second-order valence-electron chi connectivity index (χ2n) is 6.08. The largest absolute Gasteiger partial charge is 0.301 e. The van der Waals surface area contributed by atoms with Gasteiger partial charge in [-0.1, -0.05) is 13.8 Å². The molecule has 0 amide bonds. The maximum atomic E-state index is 12.3. The van der Waals surface area contributed by atoms with Crippen molar-refractivity contribution in [3.63, 3.8) is 0 Å². The summed E-state index contributed by atoms with van der Waals surface area (Å²) >= 11 is 1.48. The molecule has 0 radical (unpaired) electrons. The van der Waals surface area contributed by atoms with E-state index in [-0.39, 0.29) is 5.56 Å². The van der Waals surface area contributed by atoms with Crippen LogP contribution in [-0.2, 0) is 6.54 Å². The predicted octanol–water partition coefficient (Wildman–Crippen LogP) is 2.44. The molecular weight excluding hydrogens is 270 g/mol. The van der Waals surface area contributed by atoms with Crippen LogP contribution in [0.1, 0.15) is 20.3 Å². The van der Waals surface area contributed by atoms with Crippen molar-refractivity contribution in [2.24, 2.45) is 11.8 Å². The summed E-state index contributed by atoms with van der Waals surface area (Å²) in [6.45, 7) is 8.59. The lowest BCUT2D eigenvalue weighted by atomic mass is 9.92. The fourth-order valence-corrected chi connectivity index (χ4v) is 4.05. The van der Waals surface area contributed by atoms with Crippen LogP contribution in [0.15, 0.2) is 22.6 Å². The third-order valence-electron chi connectivity index (χ3n) is 4.04. The van der Waals surface area contributed by atoms with Gasteiger partial charge >= 0.3 is 0 Å². The van der Waals surface area contributed by atoms with E-state index >= 15 is 0 Å². The Balaban J connectivity index is 1.70. The van der Waals surface area contributed by atoms with Crippen LogP contribution in [-0.4, -0.2) is 34.1 Å². The Morgan fingerprint density at radius 2 is 2.05 bits per heavy atom. The Bertz CT molecular complexity index is 638. The summed E-state index contributed by atoms with van der Waals surface area (Å²) in [5, 5.41) is 1.93. The number of aromatic nitrogens is 2. The highest BCUT2D eigenvalue weighted by atomic mass is 32.1. The number of likely N-dealkylation sites (tertiary alicyclic amines) is 1. The van der Waals surface area contributed by atoms with Crippen molar-refractivity contribution in [2.45, 2.75) is 26.8 Å². The monoisotopic (exact) mass is 291 g/mol. The number of rotatable bonds is 3. The molecular formula is C15H21N3OS. The topological polar surface area (TPSA) is 38.1 Å². The van der Waals surface area contributed by atoms with Crippen molar-refractivity contribution >= 4 is 21.6 Å². The van der Waals surface area contributed by atoms with Gasteiger partial charge in [-0.15, -0.1) is 11.3 Å². The number of hydrogen-bond donors (Lipinski definition) is 0. The molecule has 0 unspecified atom stereocenters. The SMILES string of the molecule is C[C@@H]1C[C@@H](C)CN(CCn2cnc3ccsc3c2=O)C1. The highest BCUT2D eigenvalue weighted by molar-refractivity contribution is 7.17. The zero-order chi connectivity index (χ0) is 14.1. The summed E-state index contributed by atoms with van der Waals surface area (Å²) in [4.78, 5) is 19.1. The maximum absolute atomic E-state index is 12.3. The van der Waals surface area contributed by atoms with Gasteiger partial charge in [0.05, 0.1) is 11.8 Å². The average molecular weight is 291 g/mol. The number of piperidine rings is 1. The fourth-order valence-electron chi connectivity index (χ4n) is 3.26. The number of fused-ring (bicyclic) bond motifs is 1. The molecule has 0 aliphatic carbocycles. The summed E-state index contributed by atoms with van der Waals surface area (Å²) in [6, 6.07) is 1.90. The molecule has 1 aliphatic heterocycles. The Morgan fingerprint density at radius 1 is 1.30 bits per heavy atom. The van der Waals surface area contributed by atoms with E-state index in [4.69, 9.17) is 0 Å². The molecule has 4 nitrogen and oxygen atoms in total. The molecule has 3 heterocycles. The van der Waals surface area contributed by atoms with Gasteiger partial charge in [-0.3, -0.25) is 9.36 Å². The van der Waals surface area contributed by atoms with Crippen LogP contribution in [0.5, 0.6) is 0 Å². The normalized spacial score (nSPS) is 24.3. The Kier molecular flexibility index (Phi) is 3.89. The van der Waals surface area contributed by atoms with Gasteiger partial charge in [-0.2, -0.15) is 0 Å². The minimum Gasteiger partial charge on any atom is -0.301 e. The smallest absolute Gasteiger partial charge is 0.271 e. The van der Waals surface area contributed by atoms with Gasteiger partial charge in [0.25, 0.3) is 5.56 Å². The summed E-state index contributed by atoms with van der Waals surface area (Å²) in [5.41, 5.74) is 0.916. The van der Waals surface area contributed by atoms with Crippen molar-refractivity contribution in [1.82, 2.24) is 14.5 Å². The van der Waals surface area contributed by atoms with Gasteiger partial charge < -0.3 is 4.90 Å². The van der Waals surface area contributed by atoms with Crippen LogP contribution in [0.3, 0.4) is 0 Å². The van der Waals surface area contributed by atoms with E-state index in [9.17, 15) is 4.79 Å². The molecule has 0 saturated carbocycles. The summed E-state index contributed by atoms with van der Waals surface area (Å²) in [6.07, 6.45) is 3.01. The van der Waals surface area contributed by atoms with Crippen molar-refractivity contribution in [3.05, 3.63) is 28.1 Å². The van der Waals surface area contributed by atoms with Gasteiger partial charge in [-0.25, -0.2) is 4.98 Å². The van der Waals surface area contributed by atoms with E-state index in [1.54, 1.807) is 10.9 Å². The average Bonchev–Trinajstić information content (AvgIpc) is 2.86. The Morgan fingerprint density at radius 3 is 2.80 bits per heavy atom. The Hall–Kier alpha value is -1.20. The minimum absolute atomic E-state index is 0.100. The van der Waals surface area contributed by atoms with Gasteiger partial charge in [0.1, 0.15) is 4.70 Å². The van der Waals surface area contributed by atoms with E-state index in [0.717, 1.165) is 48.2 Å². The van der Waals surface area contributed by atoms with Gasteiger partial charge in [-0.05, 0) is 29.7 Å². The highest BCUT2D eigenvalue weighted by Gasteiger charge is 2.21. The second kappa shape index (κ2) is 5.66. The quantitative estimate of drug-likeness (QED) is 0.872. The number of nitrogens with zero attached hydrogens (tertiary/aromatic N) is 3. The van der Waals surface area contributed by atoms with Gasteiger partial charge in [0.15, 0.2) is 0 Å². The van der Waals surface area contributed by atoms with Crippen molar-refractivity contribution < 1.29 is 0 Å². The van der Waals surface area contributed by atoms with E-state index in [2.05, 4.69) is 23.7 Å². The zero-order valence-electron chi connectivity index (χ0n) is 12.1. The lowest BCUT2D eigenvalue weighted by Crippen LogP contribution is -2.41. The summed E-state index contributed by atoms with van der Waals surface area (Å²) in [5.74, 6) is 1.52. The third-order valence-corrected chi connectivity index (χ3v) is 4.93. The van der Waals surface area contributed by atoms with Crippen LogP contribution < -0.4 is 5.56 Å². The highest BCUT2D eigenvalue weighted by Crippen LogP contribution is 2.20. The molecule has 1 saturated heterocycles. The molecule has 0 aromatic carbocycles. The molecule has 0 spiro atoms. The van der Waals surface area contributed by atoms with Crippen LogP contribution in [0, 0.1) is 11.8 Å². The predicted molar refractivity (Wildman–Crippen MR) is 83.3 cm³/mol. The first-order valence-corrected chi connectivity index (χ1v) is 8.16. The first kappa shape index (κ1) is 13.8. The van der Waals surface area contributed by atoms with E-state index in [1.165, 1.54) is 17.8 Å². The lowest BCUT2D eigenvalue weighted by Gasteiger charge is -2.34. The lowest BCUT2D eigenvalue weighted by molar-refractivity contribution is 0.136. The third kappa shape index (κ3) is 2.79. The van der Waals surface area contributed by atoms with Gasteiger partial charge in [0, 0.05) is 26.2 Å². The minimum atomic E-state index is 0.100. The summed E-state index contributed by atoms with van der Waals surface area (Å²) in [7, 11) is 0. The van der Waals surface area contributed by atoms with Crippen LogP contribution >= 0.6 is 11.3 Å². The number of thiophene rings is 1. The number of hydrogen-bond acceptors (Lipinski definition) is 4. The molecule has 1 aliphatic rings. The van der Waals surface area contributed by atoms with Gasteiger partial charge in [0.2, 0.25) is 0 Å². The molecule has 2 aromatic heterocycles. The second-order valence-corrected chi connectivity index (χ2v) is 7.00. The molecule has 0 bridgehead atoms. The molecule has 2 atom stereocenters. The van der Waals surface area contributed by atoms with E-state index in [0.29, 0.717) is 0 Å². The molecule has 108 valence electrons. The molecule has 1 fully saturated rings. The molecule has 0 N–H and O–H groups in total. The van der Waals surface area contributed by atoms with Crippen LogP contribution in [0.4, 0.5) is 0 Å².